The van der Waals surface area contributed by atoms with E-state index in [1.165, 1.54) is 12.1 Å². The highest BCUT2D eigenvalue weighted by molar-refractivity contribution is 7.59. The molecule has 0 aromatic heterocycles. The molecule has 2 aromatic carbocycles. The lowest BCUT2D eigenvalue weighted by molar-refractivity contribution is -0.137. The van der Waals surface area contributed by atoms with Gasteiger partial charge in [0.2, 0.25) is 0 Å². The van der Waals surface area contributed by atoms with Crippen LogP contribution in [0.2, 0.25) is 0 Å². The van der Waals surface area contributed by atoms with Crippen LogP contribution in [0.4, 0.5) is 4.39 Å². The summed E-state index contributed by atoms with van der Waals surface area (Å²) in [4.78, 5) is 11.0. The molecule has 150 valence electrons. The number of aryl methyl sites for hydroxylation is 1. The molecule has 0 radical (unpaired) electrons. The van der Waals surface area contributed by atoms with Crippen LogP contribution in [0.25, 0.3) is 0 Å². The Hall–Kier alpha value is -2.21. The van der Waals surface area contributed by atoms with Crippen LogP contribution in [0.15, 0.2) is 30.3 Å². The number of hydrogen-bond acceptors (Lipinski definition) is 3. The Morgan fingerprint density at radius 3 is 2.82 bits per heavy atom. The second-order valence-electron chi connectivity index (χ2n) is 8.07. The Labute approximate surface area is 171 Å². The molecular formula is C22H25FO4S. The molecule has 2 aromatic rings. The summed E-state index contributed by atoms with van der Waals surface area (Å²) >= 11 is 0. The molecule has 6 heteroatoms. The first-order valence-corrected chi connectivity index (χ1v) is 9.28. The number of hydrogen-bond donors (Lipinski definition) is 1. The third-order valence-corrected chi connectivity index (χ3v) is 5.33. The highest BCUT2D eigenvalue weighted by Crippen LogP contribution is 2.40. The van der Waals surface area contributed by atoms with Gasteiger partial charge in [-0.3, -0.25) is 4.79 Å². The summed E-state index contributed by atoms with van der Waals surface area (Å²) in [6.45, 7) is 4.21. The first kappa shape index (κ1) is 20.5. The summed E-state index contributed by atoms with van der Waals surface area (Å²) in [6, 6.07) is 8.80. The lowest BCUT2D eigenvalue weighted by atomic mass is 9.98. The van der Waals surface area contributed by atoms with E-state index >= 15 is 0 Å². The molecule has 0 amide bonds. The highest BCUT2D eigenvalue weighted by Gasteiger charge is 2.32. The van der Waals surface area contributed by atoms with Crippen molar-refractivity contribution >= 4 is 19.5 Å². The van der Waals surface area contributed by atoms with Gasteiger partial charge in [0.1, 0.15) is 29.5 Å². The number of carbonyl (C=O) groups is 1. The molecule has 0 fully saturated rings. The molecule has 28 heavy (non-hydrogen) atoms. The van der Waals surface area contributed by atoms with Crippen LogP contribution in [0.1, 0.15) is 54.9 Å². The van der Waals surface area contributed by atoms with E-state index in [-0.39, 0.29) is 43.9 Å². The molecule has 1 heterocycles. The number of fused-ring (bicyclic) bond motifs is 2. The van der Waals surface area contributed by atoms with Crippen molar-refractivity contribution in [3.8, 4) is 11.5 Å². The van der Waals surface area contributed by atoms with Gasteiger partial charge in [0.15, 0.2) is 0 Å². The van der Waals surface area contributed by atoms with Gasteiger partial charge in [0.25, 0.3) is 0 Å². The quantitative estimate of drug-likeness (QED) is 0.782. The van der Waals surface area contributed by atoms with E-state index in [4.69, 9.17) is 14.6 Å². The average molecular weight is 405 g/mol. The third kappa shape index (κ3) is 4.12. The molecule has 0 saturated carbocycles. The first-order chi connectivity index (χ1) is 12.8. The summed E-state index contributed by atoms with van der Waals surface area (Å²) in [7, 11) is 0. The summed E-state index contributed by atoms with van der Waals surface area (Å²) in [5.41, 5.74) is 3.49. The van der Waals surface area contributed by atoms with Crippen molar-refractivity contribution in [2.45, 2.75) is 57.7 Å². The van der Waals surface area contributed by atoms with Crippen LogP contribution in [-0.2, 0) is 24.2 Å². The minimum Gasteiger partial charge on any atom is -0.489 e. The molecule has 1 atom stereocenters. The molecule has 0 unspecified atom stereocenters. The maximum absolute atomic E-state index is 14.0. The van der Waals surface area contributed by atoms with Crippen LogP contribution in [0.5, 0.6) is 11.5 Å². The number of aliphatic carboxylic acids is 1. The van der Waals surface area contributed by atoms with Crippen molar-refractivity contribution in [3.05, 3.63) is 58.4 Å². The summed E-state index contributed by atoms with van der Waals surface area (Å²) < 4.78 is 25.9. The van der Waals surface area contributed by atoms with E-state index in [0.717, 1.165) is 35.3 Å². The molecule has 0 bridgehead atoms. The van der Waals surface area contributed by atoms with Crippen LogP contribution in [0, 0.1) is 5.82 Å². The van der Waals surface area contributed by atoms with Crippen molar-refractivity contribution in [2.75, 3.05) is 0 Å². The Morgan fingerprint density at radius 2 is 2.07 bits per heavy atom. The van der Waals surface area contributed by atoms with Crippen molar-refractivity contribution in [2.24, 2.45) is 0 Å². The van der Waals surface area contributed by atoms with Crippen molar-refractivity contribution in [3.63, 3.8) is 0 Å². The topological polar surface area (TPSA) is 55.8 Å². The molecule has 0 saturated heterocycles. The van der Waals surface area contributed by atoms with Crippen LogP contribution >= 0.6 is 13.5 Å². The van der Waals surface area contributed by atoms with Gasteiger partial charge in [-0.2, -0.15) is 13.5 Å². The maximum Gasteiger partial charge on any atom is 0.303 e. The third-order valence-electron chi connectivity index (χ3n) is 5.33. The van der Waals surface area contributed by atoms with Crippen molar-refractivity contribution in [1.82, 2.24) is 0 Å². The number of ether oxygens (including phenoxy) is 2. The minimum absolute atomic E-state index is 0. The maximum atomic E-state index is 14.0. The number of halogens is 1. The molecular weight excluding hydrogens is 379 g/mol. The number of rotatable bonds is 5. The van der Waals surface area contributed by atoms with Crippen LogP contribution in [-0.4, -0.2) is 16.7 Å². The summed E-state index contributed by atoms with van der Waals surface area (Å²) in [5.74, 6) is 0.466. The zero-order valence-electron chi connectivity index (χ0n) is 16.0. The van der Waals surface area contributed by atoms with E-state index < -0.39 is 5.97 Å². The predicted molar refractivity (Wildman–Crippen MR) is 109 cm³/mol. The van der Waals surface area contributed by atoms with Crippen LogP contribution in [0.3, 0.4) is 0 Å². The van der Waals surface area contributed by atoms with E-state index in [9.17, 15) is 9.18 Å². The first-order valence-electron chi connectivity index (χ1n) is 9.28. The van der Waals surface area contributed by atoms with Gasteiger partial charge in [-0.25, -0.2) is 4.39 Å². The molecule has 2 aliphatic rings. The van der Waals surface area contributed by atoms with Gasteiger partial charge in [-0.15, -0.1) is 0 Å². The normalized spacial score (nSPS) is 18.6. The fraction of sp³-hybridized carbons (Fsp3) is 0.409. The van der Waals surface area contributed by atoms with Gasteiger partial charge < -0.3 is 14.6 Å². The molecule has 1 N–H and O–H groups in total. The standard InChI is InChI=1S/C22H23FO4.H2S/c1-22(2)11-15-7-17(23)8-16(21(15)27-22)12-26-18-5-6-19-13(9-18)3-4-14(19)10-20(24)25;/h5-9,14H,3-4,10-12H2,1-2H3,(H,24,25);1H2/t14-;/m0./s1. The Balaban J connectivity index is 0.00000225. The van der Waals surface area contributed by atoms with Crippen LogP contribution < -0.4 is 9.47 Å². The molecule has 1 aliphatic carbocycles. The van der Waals surface area contributed by atoms with Crippen molar-refractivity contribution in [1.29, 1.82) is 0 Å². The predicted octanol–water partition coefficient (Wildman–Crippen LogP) is 4.74. The fourth-order valence-electron chi connectivity index (χ4n) is 4.21. The minimum atomic E-state index is -0.768. The molecule has 0 spiro atoms. The van der Waals surface area contributed by atoms with E-state index in [2.05, 4.69) is 0 Å². The average Bonchev–Trinajstić information content (AvgIpc) is 3.11. The largest absolute Gasteiger partial charge is 0.489 e. The molecule has 1 aliphatic heterocycles. The second kappa shape index (κ2) is 7.66. The SMILES string of the molecule is CC1(C)Cc2cc(F)cc(COc3ccc4c(c3)CC[C@H]4CC(=O)O)c2O1.S. The number of benzene rings is 2. The zero-order valence-corrected chi connectivity index (χ0v) is 17.0. The molecule has 4 rings (SSSR count). The van der Waals surface area contributed by atoms with E-state index in [1.807, 2.05) is 32.0 Å². The van der Waals surface area contributed by atoms with Gasteiger partial charge in [-0.1, -0.05) is 6.07 Å². The monoisotopic (exact) mass is 404 g/mol. The van der Waals surface area contributed by atoms with Gasteiger partial charge in [0.05, 0.1) is 6.42 Å². The van der Waals surface area contributed by atoms with Gasteiger partial charge in [-0.05, 0) is 68.0 Å². The van der Waals surface area contributed by atoms with E-state index in [1.54, 1.807) is 0 Å². The Bertz CT molecular complexity index is 910. The smallest absolute Gasteiger partial charge is 0.303 e. The summed E-state index contributed by atoms with van der Waals surface area (Å²) in [6.07, 6.45) is 2.55. The number of carboxylic acids is 1. The molecule has 4 nitrogen and oxygen atoms in total. The lowest BCUT2D eigenvalue weighted by Crippen LogP contribution is -2.25. The Kier molecular flexibility index (Phi) is 5.62. The van der Waals surface area contributed by atoms with E-state index in [0.29, 0.717) is 17.7 Å². The fourth-order valence-corrected chi connectivity index (χ4v) is 4.21. The highest BCUT2D eigenvalue weighted by atomic mass is 32.1. The second-order valence-corrected chi connectivity index (χ2v) is 8.07. The van der Waals surface area contributed by atoms with Gasteiger partial charge in [0, 0.05) is 17.5 Å². The Morgan fingerprint density at radius 1 is 1.29 bits per heavy atom. The van der Waals surface area contributed by atoms with Crippen molar-refractivity contribution < 1.29 is 23.8 Å². The zero-order chi connectivity index (χ0) is 19.2. The lowest BCUT2D eigenvalue weighted by Gasteiger charge is -2.18. The number of carboxylic acid groups (broad SMARTS) is 1. The van der Waals surface area contributed by atoms with Gasteiger partial charge >= 0.3 is 5.97 Å². The summed E-state index contributed by atoms with van der Waals surface area (Å²) in [5, 5.41) is 9.03.